The molecule has 1 saturated carbocycles. The minimum absolute atomic E-state index is 0.0222. The number of rotatable bonds is 6. The first-order valence-electron chi connectivity index (χ1n) is 11.8. The molecule has 1 saturated heterocycles. The predicted octanol–water partition coefficient (Wildman–Crippen LogP) is 3.30. The molecular formula is C25H29N3O5S. The van der Waals surface area contributed by atoms with Crippen LogP contribution in [0.2, 0.25) is 0 Å². The Hall–Kier alpha value is -2.91. The van der Waals surface area contributed by atoms with E-state index in [1.807, 2.05) is 11.4 Å². The van der Waals surface area contributed by atoms with E-state index in [0.717, 1.165) is 13.0 Å². The van der Waals surface area contributed by atoms with Crippen LogP contribution in [-0.2, 0) is 9.53 Å². The Labute approximate surface area is 202 Å². The van der Waals surface area contributed by atoms with Crippen LogP contribution in [0.15, 0.2) is 35.7 Å². The molecule has 3 amide bonds. The SMILES string of the molecule is CN1C(=O)c2cc(NC(=O)c3cccs3)ccc2OC[C@@H]2O[C@@H](CC(=O)NCC3CC3)CC[C@@H]21. The van der Waals surface area contributed by atoms with Gasteiger partial charge in [0.05, 0.1) is 29.0 Å². The van der Waals surface area contributed by atoms with E-state index >= 15 is 0 Å². The molecule has 0 radical (unpaired) electrons. The molecule has 2 aliphatic heterocycles. The van der Waals surface area contributed by atoms with E-state index in [1.54, 1.807) is 36.2 Å². The molecule has 1 aromatic heterocycles. The number of nitrogens with one attached hydrogen (secondary N) is 2. The lowest BCUT2D eigenvalue weighted by Gasteiger charge is -2.42. The molecule has 3 heterocycles. The third-order valence-corrected chi connectivity index (χ3v) is 7.58. The van der Waals surface area contributed by atoms with Crippen molar-refractivity contribution in [2.75, 3.05) is 25.5 Å². The molecule has 2 N–H and O–H groups in total. The maximum absolute atomic E-state index is 13.3. The first kappa shape index (κ1) is 22.9. The fourth-order valence-electron chi connectivity index (χ4n) is 4.56. The number of likely N-dealkylation sites (N-methyl/N-ethyl adjacent to an activating group) is 1. The summed E-state index contributed by atoms with van der Waals surface area (Å²) in [7, 11) is 1.78. The van der Waals surface area contributed by atoms with Gasteiger partial charge in [0.2, 0.25) is 5.91 Å². The topological polar surface area (TPSA) is 97.0 Å². The van der Waals surface area contributed by atoms with Crippen molar-refractivity contribution >= 4 is 34.7 Å². The molecule has 8 nitrogen and oxygen atoms in total. The van der Waals surface area contributed by atoms with Crippen LogP contribution in [-0.4, -0.2) is 61.1 Å². The molecule has 2 fully saturated rings. The highest BCUT2D eigenvalue weighted by molar-refractivity contribution is 7.12. The minimum atomic E-state index is -0.310. The van der Waals surface area contributed by atoms with Crippen molar-refractivity contribution < 1.29 is 23.9 Å². The highest BCUT2D eigenvalue weighted by Gasteiger charge is 2.39. The van der Waals surface area contributed by atoms with E-state index in [-0.39, 0.29) is 42.6 Å². The number of carbonyl (C=O) groups excluding carboxylic acids is 3. The van der Waals surface area contributed by atoms with E-state index in [9.17, 15) is 14.4 Å². The summed E-state index contributed by atoms with van der Waals surface area (Å²) in [5, 5.41) is 7.69. The molecule has 9 heteroatoms. The third-order valence-electron chi connectivity index (χ3n) is 6.71. The summed E-state index contributed by atoms with van der Waals surface area (Å²) < 4.78 is 12.2. The van der Waals surface area contributed by atoms with Gasteiger partial charge in [-0.25, -0.2) is 0 Å². The number of anilines is 1. The lowest BCUT2D eigenvalue weighted by molar-refractivity contribution is -0.134. The summed E-state index contributed by atoms with van der Waals surface area (Å²) in [4.78, 5) is 40.3. The van der Waals surface area contributed by atoms with Gasteiger partial charge in [0.1, 0.15) is 18.5 Å². The normalized spacial score (nSPS) is 24.2. The Balaban J connectivity index is 1.25. The van der Waals surface area contributed by atoms with Gasteiger partial charge in [-0.05, 0) is 61.2 Å². The highest BCUT2D eigenvalue weighted by atomic mass is 32.1. The van der Waals surface area contributed by atoms with Gasteiger partial charge in [0.15, 0.2) is 0 Å². The second-order valence-corrected chi connectivity index (χ2v) is 10.2. The van der Waals surface area contributed by atoms with E-state index in [0.29, 0.717) is 40.6 Å². The fraction of sp³-hybridized carbons (Fsp3) is 0.480. The van der Waals surface area contributed by atoms with Gasteiger partial charge in [0.25, 0.3) is 11.8 Å². The van der Waals surface area contributed by atoms with Crippen LogP contribution in [0.4, 0.5) is 5.69 Å². The van der Waals surface area contributed by atoms with Gasteiger partial charge < -0.3 is 25.0 Å². The van der Waals surface area contributed by atoms with Crippen molar-refractivity contribution in [3.63, 3.8) is 0 Å². The molecule has 34 heavy (non-hydrogen) atoms. The second kappa shape index (κ2) is 9.76. The minimum Gasteiger partial charge on any atom is -0.490 e. The van der Waals surface area contributed by atoms with Crippen molar-refractivity contribution in [1.29, 1.82) is 0 Å². The average Bonchev–Trinajstić information content (AvgIpc) is 3.50. The monoisotopic (exact) mass is 483 g/mol. The Bertz CT molecular complexity index is 1070. The Morgan fingerprint density at radius 3 is 2.79 bits per heavy atom. The molecule has 1 aromatic carbocycles. The molecule has 180 valence electrons. The third kappa shape index (κ3) is 5.10. The molecular weight excluding hydrogens is 454 g/mol. The quantitative estimate of drug-likeness (QED) is 0.657. The number of hydrogen-bond donors (Lipinski definition) is 2. The molecule has 2 aromatic rings. The van der Waals surface area contributed by atoms with E-state index in [4.69, 9.17) is 9.47 Å². The Morgan fingerprint density at radius 2 is 2.03 bits per heavy atom. The molecule has 3 aliphatic rings. The van der Waals surface area contributed by atoms with Crippen LogP contribution in [0, 0.1) is 5.92 Å². The summed E-state index contributed by atoms with van der Waals surface area (Å²) >= 11 is 1.36. The van der Waals surface area contributed by atoms with Gasteiger partial charge in [-0.1, -0.05) is 6.07 Å². The molecule has 3 atom stereocenters. The standard InChI is InChI=1S/C25H29N3O5S/c1-28-19-8-7-17(12-23(29)26-13-15-4-5-15)33-21(19)14-32-20-9-6-16(11-18(20)25(28)31)27-24(30)22-3-2-10-34-22/h2-3,6,9-11,15,17,19,21H,4-5,7-8,12-14H2,1H3,(H,26,29)(H,27,30)/t17-,19+,21+/m1/s1. The van der Waals surface area contributed by atoms with Crippen molar-refractivity contribution in [2.45, 2.75) is 50.4 Å². The number of amides is 3. The zero-order chi connectivity index (χ0) is 23.7. The van der Waals surface area contributed by atoms with Crippen LogP contribution in [0.5, 0.6) is 5.75 Å². The van der Waals surface area contributed by atoms with Crippen LogP contribution in [0.1, 0.15) is 52.1 Å². The lowest BCUT2D eigenvalue weighted by Crippen LogP contribution is -2.54. The first-order chi connectivity index (χ1) is 16.5. The maximum atomic E-state index is 13.3. The Kier molecular flexibility index (Phi) is 6.56. The number of fused-ring (bicyclic) bond motifs is 2. The fourth-order valence-corrected chi connectivity index (χ4v) is 5.18. The van der Waals surface area contributed by atoms with Gasteiger partial charge in [-0.15, -0.1) is 11.3 Å². The van der Waals surface area contributed by atoms with Gasteiger partial charge >= 0.3 is 0 Å². The molecule has 1 aliphatic carbocycles. The second-order valence-electron chi connectivity index (χ2n) is 9.26. The number of nitrogens with zero attached hydrogens (tertiary/aromatic N) is 1. The van der Waals surface area contributed by atoms with Crippen molar-refractivity contribution in [3.8, 4) is 5.75 Å². The van der Waals surface area contributed by atoms with Crippen molar-refractivity contribution in [1.82, 2.24) is 10.2 Å². The highest BCUT2D eigenvalue weighted by Crippen LogP contribution is 2.33. The number of thiophene rings is 1. The van der Waals surface area contributed by atoms with Crippen LogP contribution < -0.4 is 15.4 Å². The van der Waals surface area contributed by atoms with Crippen LogP contribution in [0.3, 0.4) is 0 Å². The lowest BCUT2D eigenvalue weighted by atomic mass is 9.94. The first-order valence-corrected chi connectivity index (χ1v) is 12.7. The molecule has 0 spiro atoms. The largest absolute Gasteiger partial charge is 0.490 e. The summed E-state index contributed by atoms with van der Waals surface area (Å²) in [6, 6.07) is 8.53. The number of hydrogen-bond acceptors (Lipinski definition) is 6. The smallest absolute Gasteiger partial charge is 0.265 e. The maximum Gasteiger partial charge on any atom is 0.265 e. The summed E-state index contributed by atoms with van der Waals surface area (Å²) in [6.07, 6.45) is 3.69. The van der Waals surface area contributed by atoms with Crippen molar-refractivity contribution in [2.24, 2.45) is 5.92 Å². The molecule has 0 unspecified atom stereocenters. The van der Waals surface area contributed by atoms with E-state index in [1.165, 1.54) is 24.2 Å². The Morgan fingerprint density at radius 1 is 1.18 bits per heavy atom. The predicted molar refractivity (Wildman–Crippen MR) is 128 cm³/mol. The number of carbonyl (C=O) groups is 3. The van der Waals surface area contributed by atoms with Gasteiger partial charge in [-0.3, -0.25) is 14.4 Å². The van der Waals surface area contributed by atoms with Crippen LogP contribution in [0.25, 0.3) is 0 Å². The van der Waals surface area contributed by atoms with E-state index in [2.05, 4.69) is 10.6 Å². The zero-order valence-corrected chi connectivity index (χ0v) is 19.9. The molecule has 0 bridgehead atoms. The number of benzene rings is 1. The zero-order valence-electron chi connectivity index (χ0n) is 19.1. The van der Waals surface area contributed by atoms with E-state index < -0.39 is 0 Å². The van der Waals surface area contributed by atoms with Crippen LogP contribution >= 0.6 is 11.3 Å². The summed E-state index contributed by atoms with van der Waals surface area (Å²) in [5.74, 6) is 0.729. The van der Waals surface area contributed by atoms with Gasteiger partial charge in [-0.2, -0.15) is 0 Å². The molecule has 5 rings (SSSR count). The summed E-state index contributed by atoms with van der Waals surface area (Å²) in [5.41, 5.74) is 0.947. The van der Waals surface area contributed by atoms with Crippen molar-refractivity contribution in [3.05, 3.63) is 46.2 Å². The average molecular weight is 484 g/mol. The number of ether oxygens (including phenoxy) is 2. The van der Waals surface area contributed by atoms with Gasteiger partial charge in [0, 0.05) is 19.3 Å². The summed E-state index contributed by atoms with van der Waals surface area (Å²) in [6.45, 7) is 1.04.